The average molecular weight is 369 g/mol. The molecule has 0 saturated carbocycles. The quantitative estimate of drug-likeness (QED) is 0.732. The summed E-state index contributed by atoms with van der Waals surface area (Å²) in [4.78, 5) is 27.9. The van der Waals surface area contributed by atoms with Gasteiger partial charge in [-0.3, -0.25) is 9.59 Å². The van der Waals surface area contributed by atoms with Crippen molar-refractivity contribution in [3.05, 3.63) is 53.6 Å². The summed E-state index contributed by atoms with van der Waals surface area (Å²) in [5.41, 5.74) is 0.907. The molecule has 0 aliphatic carbocycles. The molecule has 142 valence electrons. The Bertz CT molecular complexity index is 809. The summed E-state index contributed by atoms with van der Waals surface area (Å²) in [6, 6.07) is 11.6. The van der Waals surface area contributed by atoms with Crippen LogP contribution in [0.25, 0.3) is 0 Å². The summed E-state index contributed by atoms with van der Waals surface area (Å²) in [6.07, 6.45) is 1.41. The highest BCUT2D eigenvalue weighted by Gasteiger charge is 2.37. The van der Waals surface area contributed by atoms with E-state index in [0.29, 0.717) is 41.3 Å². The molecule has 1 aliphatic heterocycles. The minimum Gasteiger partial charge on any atom is -0.497 e. The Labute approximate surface area is 158 Å². The maximum atomic E-state index is 13.2. The number of ether oxygens (including phenoxy) is 3. The minimum absolute atomic E-state index is 0.0719. The first kappa shape index (κ1) is 18.8. The zero-order chi connectivity index (χ0) is 19.4. The van der Waals surface area contributed by atoms with E-state index >= 15 is 0 Å². The number of carbonyl (C=O) groups excluding carboxylic acids is 2. The zero-order valence-corrected chi connectivity index (χ0v) is 15.7. The summed E-state index contributed by atoms with van der Waals surface area (Å²) in [7, 11) is 4.60. The van der Waals surface area contributed by atoms with Gasteiger partial charge in [-0.25, -0.2) is 0 Å². The van der Waals surface area contributed by atoms with Crippen molar-refractivity contribution in [3.8, 4) is 17.2 Å². The monoisotopic (exact) mass is 369 g/mol. The molecule has 1 heterocycles. The van der Waals surface area contributed by atoms with E-state index < -0.39 is 6.04 Å². The van der Waals surface area contributed by atoms with Crippen molar-refractivity contribution in [3.63, 3.8) is 0 Å². The van der Waals surface area contributed by atoms with Crippen molar-refractivity contribution in [2.75, 3.05) is 27.9 Å². The highest BCUT2D eigenvalue weighted by Crippen LogP contribution is 2.32. The second kappa shape index (κ2) is 8.12. The number of rotatable bonds is 6. The summed E-state index contributed by atoms with van der Waals surface area (Å²) >= 11 is 0. The molecule has 1 amide bonds. The number of ketones is 1. The van der Waals surface area contributed by atoms with Gasteiger partial charge < -0.3 is 19.1 Å². The molecule has 6 heteroatoms. The van der Waals surface area contributed by atoms with Gasteiger partial charge in [-0.2, -0.15) is 0 Å². The molecule has 1 unspecified atom stereocenters. The van der Waals surface area contributed by atoms with Crippen LogP contribution >= 0.6 is 0 Å². The predicted octanol–water partition coefficient (Wildman–Crippen LogP) is 3.20. The molecule has 2 aromatic carbocycles. The number of Topliss-reactive ketones (excluding diaryl/α,β-unsaturated/α-hetero) is 1. The third-order valence-electron chi connectivity index (χ3n) is 4.83. The third-order valence-corrected chi connectivity index (χ3v) is 4.83. The molecule has 0 spiro atoms. The lowest BCUT2D eigenvalue weighted by atomic mass is 10.0. The third kappa shape index (κ3) is 3.60. The molecule has 3 rings (SSSR count). The molecule has 0 bridgehead atoms. The molecule has 1 saturated heterocycles. The Morgan fingerprint density at radius 3 is 2.11 bits per heavy atom. The van der Waals surface area contributed by atoms with E-state index in [1.54, 1.807) is 54.5 Å². The van der Waals surface area contributed by atoms with Crippen LogP contribution < -0.4 is 14.2 Å². The smallest absolute Gasteiger partial charge is 0.262 e. The molecule has 1 aliphatic rings. The van der Waals surface area contributed by atoms with Crippen LogP contribution in [0.4, 0.5) is 0 Å². The number of amides is 1. The van der Waals surface area contributed by atoms with Gasteiger partial charge in [0.25, 0.3) is 5.91 Å². The van der Waals surface area contributed by atoms with Gasteiger partial charge >= 0.3 is 0 Å². The molecular weight excluding hydrogens is 346 g/mol. The highest BCUT2D eigenvalue weighted by molar-refractivity contribution is 6.06. The van der Waals surface area contributed by atoms with Gasteiger partial charge in [0, 0.05) is 12.1 Å². The highest BCUT2D eigenvalue weighted by atomic mass is 16.5. The van der Waals surface area contributed by atoms with Gasteiger partial charge in [-0.05, 0) is 49.2 Å². The van der Waals surface area contributed by atoms with Crippen molar-refractivity contribution in [2.24, 2.45) is 0 Å². The summed E-state index contributed by atoms with van der Waals surface area (Å²) in [6.45, 7) is 0.520. The zero-order valence-electron chi connectivity index (χ0n) is 15.7. The number of likely N-dealkylation sites (tertiary alicyclic amines) is 1. The lowest BCUT2D eigenvalue weighted by Crippen LogP contribution is -2.40. The molecule has 0 radical (unpaired) electrons. The van der Waals surface area contributed by atoms with Crippen LogP contribution in [0.1, 0.15) is 33.6 Å². The fraction of sp³-hybridized carbons (Fsp3) is 0.333. The number of nitrogens with zero attached hydrogens (tertiary/aromatic N) is 1. The SMILES string of the molecule is COc1ccc(C(=O)C2CCCN2C(=O)c2c(OC)cccc2OC)cc1. The van der Waals surface area contributed by atoms with E-state index in [-0.39, 0.29) is 11.7 Å². The Kier molecular flexibility index (Phi) is 5.64. The maximum absolute atomic E-state index is 13.2. The average Bonchev–Trinajstić information content (AvgIpc) is 3.21. The normalized spacial score (nSPS) is 16.1. The lowest BCUT2D eigenvalue weighted by Gasteiger charge is -2.25. The molecular formula is C21H23NO5. The second-order valence-electron chi connectivity index (χ2n) is 6.29. The fourth-order valence-electron chi connectivity index (χ4n) is 3.44. The van der Waals surface area contributed by atoms with Gasteiger partial charge in [0.15, 0.2) is 5.78 Å². The Hall–Kier alpha value is -3.02. The van der Waals surface area contributed by atoms with Crippen molar-refractivity contribution in [1.82, 2.24) is 4.90 Å². The molecule has 0 N–H and O–H groups in total. The van der Waals surface area contributed by atoms with Crippen LogP contribution in [-0.2, 0) is 0 Å². The van der Waals surface area contributed by atoms with Crippen LogP contribution in [0.5, 0.6) is 17.2 Å². The summed E-state index contributed by atoms with van der Waals surface area (Å²) in [5, 5.41) is 0. The van der Waals surface area contributed by atoms with E-state index in [2.05, 4.69) is 0 Å². The maximum Gasteiger partial charge on any atom is 0.262 e. The van der Waals surface area contributed by atoms with Crippen LogP contribution in [0.2, 0.25) is 0 Å². The van der Waals surface area contributed by atoms with Gasteiger partial charge in [0.1, 0.15) is 22.8 Å². The van der Waals surface area contributed by atoms with E-state index in [9.17, 15) is 9.59 Å². The Balaban J connectivity index is 1.90. The first-order valence-corrected chi connectivity index (χ1v) is 8.81. The minimum atomic E-state index is -0.500. The van der Waals surface area contributed by atoms with Gasteiger partial charge in [0.05, 0.1) is 27.4 Å². The van der Waals surface area contributed by atoms with Gasteiger partial charge in [0.2, 0.25) is 0 Å². The van der Waals surface area contributed by atoms with E-state index in [1.165, 1.54) is 14.2 Å². The summed E-state index contributed by atoms with van der Waals surface area (Å²) < 4.78 is 15.8. The van der Waals surface area contributed by atoms with Crippen molar-refractivity contribution in [1.29, 1.82) is 0 Å². The van der Waals surface area contributed by atoms with Gasteiger partial charge in [-0.15, -0.1) is 0 Å². The second-order valence-corrected chi connectivity index (χ2v) is 6.29. The number of carbonyl (C=O) groups is 2. The van der Waals surface area contributed by atoms with E-state index in [4.69, 9.17) is 14.2 Å². The molecule has 1 fully saturated rings. The first-order valence-electron chi connectivity index (χ1n) is 8.81. The molecule has 0 aromatic heterocycles. The van der Waals surface area contributed by atoms with Crippen molar-refractivity contribution >= 4 is 11.7 Å². The topological polar surface area (TPSA) is 65.1 Å². The molecule has 1 atom stereocenters. The van der Waals surface area contributed by atoms with Crippen LogP contribution in [0.3, 0.4) is 0 Å². The number of hydrogen-bond donors (Lipinski definition) is 0. The van der Waals surface area contributed by atoms with E-state index in [0.717, 1.165) is 6.42 Å². The van der Waals surface area contributed by atoms with Gasteiger partial charge in [-0.1, -0.05) is 6.07 Å². The van der Waals surface area contributed by atoms with Crippen LogP contribution in [-0.4, -0.2) is 50.5 Å². The number of methoxy groups -OCH3 is 3. The van der Waals surface area contributed by atoms with Crippen molar-refractivity contribution < 1.29 is 23.8 Å². The Morgan fingerprint density at radius 2 is 1.56 bits per heavy atom. The van der Waals surface area contributed by atoms with Crippen molar-refractivity contribution in [2.45, 2.75) is 18.9 Å². The van der Waals surface area contributed by atoms with Crippen LogP contribution in [0.15, 0.2) is 42.5 Å². The number of benzene rings is 2. The largest absolute Gasteiger partial charge is 0.497 e. The molecule has 27 heavy (non-hydrogen) atoms. The first-order chi connectivity index (χ1) is 13.1. The van der Waals surface area contributed by atoms with E-state index in [1.807, 2.05) is 0 Å². The predicted molar refractivity (Wildman–Crippen MR) is 101 cm³/mol. The summed E-state index contributed by atoms with van der Waals surface area (Å²) in [5.74, 6) is 1.22. The fourth-order valence-corrected chi connectivity index (χ4v) is 3.44. The Morgan fingerprint density at radius 1 is 0.926 bits per heavy atom. The van der Waals surface area contributed by atoms with Crippen LogP contribution in [0, 0.1) is 0 Å². The standard InChI is InChI=1S/C21H23NO5/c1-25-15-11-9-14(10-12-15)20(23)16-6-5-13-22(16)21(24)19-17(26-2)7-4-8-18(19)27-3/h4,7-12,16H,5-6,13H2,1-3H3. The number of hydrogen-bond acceptors (Lipinski definition) is 5. The molecule has 6 nitrogen and oxygen atoms in total. The lowest BCUT2D eigenvalue weighted by molar-refractivity contribution is 0.0666. The molecule has 2 aromatic rings.